The molecule has 1 aliphatic heterocycles. The lowest BCUT2D eigenvalue weighted by atomic mass is 10.1. The number of carbonyl (C=O) groups excluding carboxylic acids is 8. The van der Waals surface area contributed by atoms with Crippen LogP contribution in [0.15, 0.2) is 30.3 Å². The fraction of sp³-hybridized carbons (Fsp3) is 0.417. The number of amides is 8. The van der Waals surface area contributed by atoms with Gasteiger partial charge in [-0.3, -0.25) is 43.3 Å². The number of nitrogens with zero attached hydrogens (tertiary/aromatic N) is 1. The quantitative estimate of drug-likeness (QED) is 0.0651. The molecule has 0 bridgehead atoms. The van der Waals surface area contributed by atoms with Crippen LogP contribution in [0.25, 0.3) is 0 Å². The SMILES string of the molecule is NC(=O)COCNC(=O)CNC(=O)C(Cc1ccccc1)NC(=O)CNC(=O)CNC(=O)CN1C(=O)CCC1=O. The van der Waals surface area contributed by atoms with Crippen molar-refractivity contribution >= 4 is 47.3 Å². The maximum absolute atomic E-state index is 12.7. The van der Waals surface area contributed by atoms with Gasteiger partial charge in [0.1, 0.15) is 25.9 Å². The third-order valence-electron chi connectivity index (χ3n) is 5.32. The molecule has 0 saturated carbocycles. The summed E-state index contributed by atoms with van der Waals surface area (Å²) in [4.78, 5) is 95.6. The Morgan fingerprint density at radius 3 is 2.02 bits per heavy atom. The first-order valence-electron chi connectivity index (χ1n) is 12.2. The van der Waals surface area contributed by atoms with E-state index in [-0.39, 0.29) is 32.6 Å². The first kappa shape index (κ1) is 31.4. The van der Waals surface area contributed by atoms with Gasteiger partial charge in [0, 0.05) is 19.3 Å². The van der Waals surface area contributed by atoms with E-state index in [4.69, 9.17) is 10.5 Å². The van der Waals surface area contributed by atoms with Crippen molar-refractivity contribution in [3.8, 4) is 0 Å². The van der Waals surface area contributed by atoms with E-state index < -0.39 is 79.5 Å². The topological polar surface area (TPSA) is 235 Å². The smallest absolute Gasteiger partial charge is 0.243 e. The van der Waals surface area contributed by atoms with E-state index in [2.05, 4.69) is 26.6 Å². The predicted molar refractivity (Wildman–Crippen MR) is 135 cm³/mol. The molecule has 1 heterocycles. The summed E-state index contributed by atoms with van der Waals surface area (Å²) in [5.41, 5.74) is 5.63. The molecule has 40 heavy (non-hydrogen) atoms. The lowest BCUT2D eigenvalue weighted by Gasteiger charge is -2.19. The molecular formula is C24H31N7O9. The molecule has 16 nitrogen and oxygen atoms in total. The third-order valence-corrected chi connectivity index (χ3v) is 5.32. The van der Waals surface area contributed by atoms with Crippen molar-refractivity contribution in [3.63, 3.8) is 0 Å². The van der Waals surface area contributed by atoms with Gasteiger partial charge in [0.05, 0.1) is 19.6 Å². The molecule has 1 aliphatic rings. The lowest BCUT2D eigenvalue weighted by molar-refractivity contribution is -0.142. The van der Waals surface area contributed by atoms with E-state index in [0.29, 0.717) is 5.56 Å². The molecule has 1 saturated heterocycles. The minimum atomic E-state index is -1.10. The molecule has 1 unspecified atom stereocenters. The van der Waals surface area contributed by atoms with Crippen molar-refractivity contribution in [2.24, 2.45) is 5.73 Å². The van der Waals surface area contributed by atoms with Crippen molar-refractivity contribution in [1.29, 1.82) is 0 Å². The minimum absolute atomic E-state index is 0.0333. The zero-order valence-electron chi connectivity index (χ0n) is 21.5. The number of nitrogens with two attached hydrogens (primary N) is 1. The van der Waals surface area contributed by atoms with Gasteiger partial charge in [-0.15, -0.1) is 0 Å². The summed E-state index contributed by atoms with van der Waals surface area (Å²) in [5.74, 6) is -5.09. The number of primary amides is 1. The first-order chi connectivity index (χ1) is 19.0. The Hall–Kier alpha value is -4.86. The molecule has 7 N–H and O–H groups in total. The standard InChI is InChI=1S/C24H31N7O9/c25-17(32)13-40-14-29-19(34)10-28-24(39)16(8-15-4-2-1-3-5-15)30-20(35)11-26-18(33)9-27-21(36)12-31-22(37)6-7-23(31)38/h1-5,16H,6-14H2,(H2,25,32)(H,26,33)(H,27,36)(H,28,39)(H,29,34)(H,30,35). The van der Waals surface area contributed by atoms with E-state index in [1.807, 2.05) is 0 Å². The van der Waals surface area contributed by atoms with E-state index in [1.54, 1.807) is 30.3 Å². The monoisotopic (exact) mass is 561 g/mol. The highest BCUT2D eigenvalue weighted by molar-refractivity contribution is 6.04. The maximum Gasteiger partial charge on any atom is 0.243 e. The number of hydrogen-bond acceptors (Lipinski definition) is 9. The van der Waals surface area contributed by atoms with Crippen LogP contribution in [0.1, 0.15) is 18.4 Å². The van der Waals surface area contributed by atoms with Crippen molar-refractivity contribution in [1.82, 2.24) is 31.5 Å². The number of nitrogens with one attached hydrogen (secondary N) is 5. The van der Waals surface area contributed by atoms with E-state index in [9.17, 15) is 38.4 Å². The summed E-state index contributed by atoms with van der Waals surface area (Å²) >= 11 is 0. The highest BCUT2D eigenvalue weighted by Crippen LogP contribution is 2.10. The van der Waals surface area contributed by atoms with E-state index >= 15 is 0 Å². The Morgan fingerprint density at radius 1 is 0.800 bits per heavy atom. The highest BCUT2D eigenvalue weighted by atomic mass is 16.5. The number of likely N-dealkylation sites (tertiary alicyclic amines) is 1. The lowest BCUT2D eigenvalue weighted by Crippen LogP contribution is -2.52. The Kier molecular flexibility index (Phi) is 12.7. The second-order valence-corrected chi connectivity index (χ2v) is 8.51. The fourth-order valence-electron chi connectivity index (χ4n) is 3.36. The van der Waals surface area contributed by atoms with Gasteiger partial charge >= 0.3 is 0 Å². The molecule has 0 spiro atoms. The zero-order chi connectivity index (χ0) is 29.5. The number of benzene rings is 1. The van der Waals surface area contributed by atoms with Crippen LogP contribution in [0.4, 0.5) is 0 Å². The van der Waals surface area contributed by atoms with Gasteiger partial charge in [-0.1, -0.05) is 30.3 Å². The normalized spacial score (nSPS) is 13.2. The number of rotatable bonds is 16. The highest BCUT2D eigenvalue weighted by Gasteiger charge is 2.30. The first-order valence-corrected chi connectivity index (χ1v) is 12.2. The van der Waals surface area contributed by atoms with E-state index in [1.165, 1.54) is 0 Å². The fourth-order valence-corrected chi connectivity index (χ4v) is 3.36. The third kappa shape index (κ3) is 11.7. The van der Waals surface area contributed by atoms with Crippen molar-refractivity contribution in [2.45, 2.75) is 25.3 Å². The van der Waals surface area contributed by atoms with Crippen molar-refractivity contribution in [2.75, 3.05) is 39.5 Å². The van der Waals surface area contributed by atoms with Crippen LogP contribution in [0.3, 0.4) is 0 Å². The van der Waals surface area contributed by atoms with Crippen molar-refractivity contribution < 1.29 is 43.1 Å². The second kappa shape index (κ2) is 16.2. The van der Waals surface area contributed by atoms with Crippen molar-refractivity contribution in [3.05, 3.63) is 35.9 Å². The van der Waals surface area contributed by atoms with Crippen LogP contribution in [-0.2, 0) is 49.5 Å². The molecule has 1 atom stereocenters. The maximum atomic E-state index is 12.7. The van der Waals surface area contributed by atoms with Gasteiger partial charge in [0.25, 0.3) is 0 Å². The van der Waals surface area contributed by atoms with Gasteiger partial charge < -0.3 is 37.1 Å². The number of ether oxygens (including phenoxy) is 1. The summed E-state index contributed by atoms with van der Waals surface area (Å²) in [6.45, 7) is -2.65. The Morgan fingerprint density at radius 2 is 1.38 bits per heavy atom. The summed E-state index contributed by atoms with van der Waals surface area (Å²) < 4.78 is 4.80. The molecule has 0 aliphatic carbocycles. The summed E-state index contributed by atoms with van der Waals surface area (Å²) in [7, 11) is 0. The molecule has 1 aromatic carbocycles. The van der Waals surface area contributed by atoms with Crippen LogP contribution in [0, 0.1) is 0 Å². The summed E-state index contributed by atoms with van der Waals surface area (Å²) in [5, 5.41) is 11.7. The molecular weight excluding hydrogens is 530 g/mol. The average Bonchev–Trinajstić information content (AvgIpc) is 3.23. The number of imide groups is 1. The molecule has 2 rings (SSSR count). The molecule has 0 radical (unpaired) electrons. The molecule has 8 amide bonds. The Bertz CT molecular complexity index is 1110. The van der Waals surface area contributed by atoms with Gasteiger partial charge in [-0.05, 0) is 5.56 Å². The van der Waals surface area contributed by atoms with Gasteiger partial charge in [0.15, 0.2) is 0 Å². The number of carbonyl (C=O) groups is 8. The predicted octanol–water partition coefficient (Wildman–Crippen LogP) is -4.21. The number of hydrogen-bond donors (Lipinski definition) is 6. The van der Waals surface area contributed by atoms with Gasteiger partial charge in [-0.2, -0.15) is 0 Å². The van der Waals surface area contributed by atoms with Crippen LogP contribution in [-0.4, -0.2) is 97.7 Å². The molecule has 1 fully saturated rings. The largest absolute Gasteiger partial charge is 0.368 e. The van der Waals surface area contributed by atoms with E-state index in [0.717, 1.165) is 4.90 Å². The minimum Gasteiger partial charge on any atom is -0.368 e. The molecule has 1 aromatic rings. The molecule has 216 valence electrons. The van der Waals surface area contributed by atoms with Gasteiger partial charge in [-0.25, -0.2) is 0 Å². The Labute approximate surface area is 228 Å². The van der Waals surface area contributed by atoms with Crippen LogP contribution in [0.2, 0.25) is 0 Å². The second-order valence-electron chi connectivity index (χ2n) is 8.51. The van der Waals surface area contributed by atoms with Crippen LogP contribution < -0.4 is 32.3 Å². The zero-order valence-corrected chi connectivity index (χ0v) is 21.5. The van der Waals surface area contributed by atoms with Crippen LogP contribution in [0.5, 0.6) is 0 Å². The van der Waals surface area contributed by atoms with Gasteiger partial charge in [0.2, 0.25) is 47.3 Å². The molecule has 0 aromatic heterocycles. The van der Waals surface area contributed by atoms with Crippen LogP contribution >= 0.6 is 0 Å². The summed E-state index contributed by atoms with van der Waals surface area (Å²) in [6.07, 6.45) is 0.150. The average molecular weight is 562 g/mol. The summed E-state index contributed by atoms with van der Waals surface area (Å²) in [6, 6.07) is 7.65. The Balaban J connectivity index is 1.80. The molecule has 16 heteroatoms.